The zero-order valence-electron chi connectivity index (χ0n) is 7.01. The number of carboxylic acids is 1. The maximum absolute atomic E-state index is 10.6. The molecule has 1 saturated heterocycles. The van der Waals surface area contributed by atoms with Gasteiger partial charge in [0.05, 0.1) is 26.0 Å². The zero-order chi connectivity index (χ0) is 9.31. The summed E-state index contributed by atoms with van der Waals surface area (Å²) in [5.41, 5.74) is -0.400. The van der Waals surface area contributed by atoms with Crippen LogP contribution in [0.2, 0.25) is 0 Å². The highest BCUT2D eigenvalue weighted by atomic mass is 16.5. The van der Waals surface area contributed by atoms with Crippen LogP contribution in [0.15, 0.2) is 18.7 Å². The van der Waals surface area contributed by atoms with Crippen LogP contribution in [0.4, 0.5) is 0 Å². The molecule has 0 spiro atoms. The second kappa shape index (κ2) is 2.85. The molecule has 0 saturated carbocycles. The number of aromatic nitrogens is 2. The number of rotatable bonds is 3. The normalized spacial score (nSPS) is 19.4. The first-order valence-corrected chi connectivity index (χ1v) is 4.01. The molecule has 0 aromatic carbocycles. The van der Waals surface area contributed by atoms with Crippen LogP contribution in [-0.2, 0) is 15.1 Å². The van der Waals surface area contributed by atoms with Gasteiger partial charge >= 0.3 is 5.97 Å². The van der Waals surface area contributed by atoms with Crippen molar-refractivity contribution in [1.29, 1.82) is 0 Å². The molecule has 1 aliphatic rings. The Morgan fingerprint density at radius 1 is 1.69 bits per heavy atom. The molecule has 0 bridgehead atoms. The Balaban J connectivity index is 2.20. The van der Waals surface area contributed by atoms with Crippen molar-refractivity contribution in [2.75, 3.05) is 13.2 Å². The first-order chi connectivity index (χ1) is 6.23. The number of carbonyl (C=O) groups is 1. The van der Waals surface area contributed by atoms with E-state index < -0.39 is 11.5 Å². The molecular formula is C8H10N2O3. The molecule has 1 aliphatic heterocycles. The predicted molar refractivity (Wildman–Crippen MR) is 43.3 cm³/mol. The molecule has 70 valence electrons. The Morgan fingerprint density at radius 3 is 2.85 bits per heavy atom. The number of imidazole rings is 1. The highest BCUT2D eigenvalue weighted by molar-refractivity contribution is 5.68. The molecule has 5 heteroatoms. The second-order valence-corrected chi connectivity index (χ2v) is 3.26. The molecule has 0 aliphatic carbocycles. The standard InChI is InChI=1S/C8H10N2O3/c11-7(12)3-8(4-13-5-8)10-2-1-9-6-10/h1-2,6H,3-5H2,(H,11,12). The topological polar surface area (TPSA) is 64.3 Å². The predicted octanol–water partition coefficient (Wildman–Crippen LogP) is 0.0833. The van der Waals surface area contributed by atoms with E-state index in [-0.39, 0.29) is 6.42 Å². The maximum atomic E-state index is 10.6. The highest BCUT2D eigenvalue weighted by Crippen LogP contribution is 2.29. The van der Waals surface area contributed by atoms with Crippen LogP contribution in [0.1, 0.15) is 6.42 Å². The fourth-order valence-electron chi connectivity index (χ4n) is 1.50. The lowest BCUT2D eigenvalue weighted by Crippen LogP contribution is -2.52. The van der Waals surface area contributed by atoms with Crippen molar-refractivity contribution in [2.45, 2.75) is 12.0 Å². The summed E-state index contributed by atoms with van der Waals surface area (Å²) < 4.78 is 6.86. The summed E-state index contributed by atoms with van der Waals surface area (Å²) in [5.74, 6) is -0.808. The first-order valence-electron chi connectivity index (χ1n) is 4.01. The molecule has 2 heterocycles. The minimum atomic E-state index is -0.808. The summed E-state index contributed by atoms with van der Waals surface area (Å²) in [7, 11) is 0. The Morgan fingerprint density at radius 2 is 2.46 bits per heavy atom. The van der Waals surface area contributed by atoms with Crippen molar-refractivity contribution in [3.05, 3.63) is 18.7 Å². The van der Waals surface area contributed by atoms with Crippen molar-refractivity contribution in [1.82, 2.24) is 9.55 Å². The largest absolute Gasteiger partial charge is 0.481 e. The molecule has 1 aromatic rings. The van der Waals surface area contributed by atoms with Crippen LogP contribution < -0.4 is 0 Å². The second-order valence-electron chi connectivity index (χ2n) is 3.26. The van der Waals surface area contributed by atoms with Crippen LogP contribution in [-0.4, -0.2) is 33.8 Å². The van der Waals surface area contributed by atoms with E-state index in [1.54, 1.807) is 18.7 Å². The van der Waals surface area contributed by atoms with Crippen LogP contribution in [0, 0.1) is 0 Å². The van der Waals surface area contributed by atoms with Crippen LogP contribution in [0.5, 0.6) is 0 Å². The van der Waals surface area contributed by atoms with Gasteiger partial charge in [0.1, 0.15) is 5.54 Å². The lowest BCUT2D eigenvalue weighted by atomic mass is 9.93. The number of aliphatic carboxylic acids is 1. The average molecular weight is 182 g/mol. The van der Waals surface area contributed by atoms with Gasteiger partial charge in [-0.2, -0.15) is 0 Å². The van der Waals surface area contributed by atoms with E-state index in [0.29, 0.717) is 13.2 Å². The van der Waals surface area contributed by atoms with E-state index in [2.05, 4.69) is 4.98 Å². The third-order valence-electron chi connectivity index (χ3n) is 2.27. The quantitative estimate of drug-likeness (QED) is 0.719. The number of ether oxygens (including phenoxy) is 1. The molecular weight excluding hydrogens is 172 g/mol. The zero-order valence-corrected chi connectivity index (χ0v) is 7.01. The number of nitrogens with zero attached hydrogens (tertiary/aromatic N) is 2. The van der Waals surface area contributed by atoms with E-state index in [9.17, 15) is 4.79 Å². The fourth-order valence-corrected chi connectivity index (χ4v) is 1.50. The third-order valence-corrected chi connectivity index (χ3v) is 2.27. The van der Waals surface area contributed by atoms with E-state index in [0.717, 1.165) is 0 Å². The van der Waals surface area contributed by atoms with Gasteiger partial charge in [-0.15, -0.1) is 0 Å². The molecule has 5 nitrogen and oxygen atoms in total. The number of hydrogen-bond donors (Lipinski definition) is 1. The van der Waals surface area contributed by atoms with Gasteiger partial charge in [-0.3, -0.25) is 4.79 Å². The third kappa shape index (κ3) is 1.31. The maximum Gasteiger partial charge on any atom is 0.305 e. The van der Waals surface area contributed by atoms with Crippen molar-refractivity contribution in [3.63, 3.8) is 0 Å². The molecule has 1 fully saturated rings. The Kier molecular flexibility index (Phi) is 1.81. The van der Waals surface area contributed by atoms with Gasteiger partial charge in [-0.25, -0.2) is 4.98 Å². The van der Waals surface area contributed by atoms with Crippen molar-refractivity contribution >= 4 is 5.97 Å². The Hall–Kier alpha value is -1.36. The van der Waals surface area contributed by atoms with Crippen molar-refractivity contribution in [2.24, 2.45) is 0 Å². The lowest BCUT2D eigenvalue weighted by Gasteiger charge is -2.41. The van der Waals surface area contributed by atoms with E-state index in [1.807, 2.05) is 4.57 Å². The van der Waals surface area contributed by atoms with Crippen LogP contribution in [0.25, 0.3) is 0 Å². The highest BCUT2D eigenvalue weighted by Gasteiger charge is 2.42. The molecule has 0 atom stereocenters. The summed E-state index contributed by atoms with van der Waals surface area (Å²) in [6.45, 7) is 0.908. The van der Waals surface area contributed by atoms with Gasteiger partial charge in [0.25, 0.3) is 0 Å². The smallest absolute Gasteiger partial charge is 0.305 e. The average Bonchev–Trinajstić information content (AvgIpc) is 2.48. The SMILES string of the molecule is O=C(O)CC1(n2ccnc2)COC1. The summed E-state index contributed by atoms with van der Waals surface area (Å²) in [4.78, 5) is 14.5. The van der Waals surface area contributed by atoms with Crippen molar-refractivity contribution < 1.29 is 14.6 Å². The molecule has 1 N–H and O–H groups in total. The Labute approximate surface area is 75.0 Å². The summed E-state index contributed by atoms with van der Waals surface area (Å²) in [6, 6.07) is 0. The van der Waals surface area contributed by atoms with Crippen LogP contribution in [0.3, 0.4) is 0 Å². The minimum Gasteiger partial charge on any atom is -0.481 e. The van der Waals surface area contributed by atoms with Crippen molar-refractivity contribution in [3.8, 4) is 0 Å². The van der Waals surface area contributed by atoms with Gasteiger partial charge in [0.15, 0.2) is 0 Å². The lowest BCUT2D eigenvalue weighted by molar-refractivity contribution is -0.152. The van der Waals surface area contributed by atoms with E-state index in [1.165, 1.54) is 0 Å². The van der Waals surface area contributed by atoms with Gasteiger partial charge < -0.3 is 14.4 Å². The number of carboxylic acid groups (broad SMARTS) is 1. The Bertz CT molecular complexity index is 303. The summed E-state index contributed by atoms with van der Waals surface area (Å²) in [5, 5.41) is 8.72. The van der Waals surface area contributed by atoms with Crippen LogP contribution >= 0.6 is 0 Å². The van der Waals surface area contributed by atoms with Gasteiger partial charge in [-0.05, 0) is 0 Å². The van der Waals surface area contributed by atoms with Gasteiger partial charge in [0.2, 0.25) is 0 Å². The molecule has 0 unspecified atom stereocenters. The van der Waals surface area contributed by atoms with Gasteiger partial charge in [0, 0.05) is 12.4 Å². The number of hydrogen-bond acceptors (Lipinski definition) is 3. The molecule has 13 heavy (non-hydrogen) atoms. The molecule has 1 aromatic heterocycles. The monoisotopic (exact) mass is 182 g/mol. The van der Waals surface area contributed by atoms with E-state index in [4.69, 9.17) is 9.84 Å². The molecule has 2 rings (SSSR count). The fraction of sp³-hybridized carbons (Fsp3) is 0.500. The van der Waals surface area contributed by atoms with Gasteiger partial charge in [-0.1, -0.05) is 0 Å². The molecule has 0 radical (unpaired) electrons. The van der Waals surface area contributed by atoms with E-state index >= 15 is 0 Å². The molecule has 0 amide bonds. The minimum absolute atomic E-state index is 0.0867. The summed E-state index contributed by atoms with van der Waals surface area (Å²) in [6.07, 6.45) is 5.13. The summed E-state index contributed by atoms with van der Waals surface area (Å²) >= 11 is 0. The first kappa shape index (κ1) is 8.25.